The van der Waals surface area contributed by atoms with Gasteiger partial charge in [0, 0.05) is 22.5 Å². The van der Waals surface area contributed by atoms with Crippen molar-refractivity contribution in [3.05, 3.63) is 61.3 Å². The Labute approximate surface area is 113 Å². The van der Waals surface area contributed by atoms with Crippen LogP contribution in [0.4, 0.5) is 5.69 Å². The molecule has 0 radical (unpaired) electrons. The fourth-order valence-corrected chi connectivity index (χ4v) is 2.79. The molecule has 2 aromatic rings. The van der Waals surface area contributed by atoms with Crippen molar-refractivity contribution < 1.29 is 4.92 Å². The van der Waals surface area contributed by atoms with Gasteiger partial charge in [0.2, 0.25) is 0 Å². The van der Waals surface area contributed by atoms with Crippen molar-refractivity contribution in [1.29, 1.82) is 0 Å². The van der Waals surface area contributed by atoms with E-state index in [9.17, 15) is 10.1 Å². The van der Waals surface area contributed by atoms with E-state index in [4.69, 9.17) is 17.3 Å². The lowest BCUT2D eigenvalue weighted by atomic mass is 10.0. The van der Waals surface area contributed by atoms with Gasteiger partial charge < -0.3 is 5.73 Å². The summed E-state index contributed by atoms with van der Waals surface area (Å²) in [4.78, 5) is 11.4. The van der Waals surface area contributed by atoms with Crippen LogP contribution in [0.3, 0.4) is 0 Å². The SMILES string of the molecule is NC(Cc1ccccc1[N+](=O)[O-])c1ccc(Cl)s1. The Morgan fingerprint density at radius 1 is 1.33 bits per heavy atom. The van der Waals surface area contributed by atoms with Crippen LogP contribution in [0.1, 0.15) is 16.5 Å². The van der Waals surface area contributed by atoms with Gasteiger partial charge in [-0.25, -0.2) is 0 Å². The van der Waals surface area contributed by atoms with Crippen molar-refractivity contribution in [3.63, 3.8) is 0 Å². The van der Waals surface area contributed by atoms with Crippen LogP contribution in [0, 0.1) is 10.1 Å². The van der Waals surface area contributed by atoms with E-state index >= 15 is 0 Å². The first-order chi connectivity index (χ1) is 8.58. The van der Waals surface area contributed by atoms with Gasteiger partial charge in [-0.3, -0.25) is 10.1 Å². The highest BCUT2D eigenvalue weighted by atomic mass is 35.5. The van der Waals surface area contributed by atoms with Gasteiger partial charge in [-0.2, -0.15) is 0 Å². The molecule has 1 atom stereocenters. The van der Waals surface area contributed by atoms with Crippen LogP contribution >= 0.6 is 22.9 Å². The second-order valence-electron chi connectivity index (χ2n) is 3.84. The first-order valence-electron chi connectivity index (χ1n) is 5.31. The molecule has 0 bridgehead atoms. The van der Waals surface area contributed by atoms with Crippen LogP contribution in [0.2, 0.25) is 4.34 Å². The number of nitro groups is 1. The average Bonchev–Trinajstić information content (AvgIpc) is 2.76. The minimum atomic E-state index is -0.385. The van der Waals surface area contributed by atoms with E-state index in [1.165, 1.54) is 17.4 Å². The lowest BCUT2D eigenvalue weighted by molar-refractivity contribution is -0.385. The zero-order valence-electron chi connectivity index (χ0n) is 9.38. The van der Waals surface area contributed by atoms with Gasteiger partial charge in [-0.15, -0.1) is 11.3 Å². The van der Waals surface area contributed by atoms with E-state index in [0.29, 0.717) is 16.3 Å². The van der Waals surface area contributed by atoms with Crippen LogP contribution in [-0.2, 0) is 6.42 Å². The number of rotatable bonds is 4. The third-order valence-electron chi connectivity index (χ3n) is 2.59. The highest BCUT2D eigenvalue weighted by Crippen LogP contribution is 2.29. The highest BCUT2D eigenvalue weighted by Gasteiger charge is 2.17. The van der Waals surface area contributed by atoms with E-state index in [2.05, 4.69) is 0 Å². The topological polar surface area (TPSA) is 69.2 Å². The molecule has 1 aromatic heterocycles. The lowest BCUT2D eigenvalue weighted by Gasteiger charge is -2.09. The number of thiophene rings is 1. The zero-order valence-corrected chi connectivity index (χ0v) is 10.9. The molecule has 1 aromatic carbocycles. The smallest absolute Gasteiger partial charge is 0.272 e. The number of nitrogens with two attached hydrogens (primary N) is 1. The molecular formula is C12H11ClN2O2S. The number of halogens is 1. The van der Waals surface area contributed by atoms with Crippen molar-refractivity contribution in [2.24, 2.45) is 5.73 Å². The van der Waals surface area contributed by atoms with Gasteiger partial charge in [-0.05, 0) is 18.6 Å². The number of para-hydroxylation sites is 1. The number of hydrogen-bond acceptors (Lipinski definition) is 4. The second-order valence-corrected chi connectivity index (χ2v) is 5.58. The summed E-state index contributed by atoms with van der Waals surface area (Å²) in [5, 5.41) is 10.9. The molecule has 0 saturated carbocycles. The first-order valence-corrected chi connectivity index (χ1v) is 6.50. The molecule has 2 N–H and O–H groups in total. The standard InChI is InChI=1S/C12H11ClN2O2S/c13-12-6-5-11(18-12)9(14)7-8-3-1-2-4-10(8)15(16)17/h1-6,9H,7,14H2. The molecule has 0 spiro atoms. The van der Waals surface area contributed by atoms with Crippen LogP contribution in [0.25, 0.3) is 0 Å². The number of nitro benzene ring substituents is 1. The molecule has 0 aliphatic heterocycles. The molecule has 0 aliphatic carbocycles. The maximum Gasteiger partial charge on any atom is 0.272 e. The summed E-state index contributed by atoms with van der Waals surface area (Å²) < 4.78 is 0.669. The monoisotopic (exact) mass is 282 g/mol. The normalized spacial score (nSPS) is 12.3. The molecule has 0 saturated heterocycles. The third kappa shape index (κ3) is 2.87. The van der Waals surface area contributed by atoms with E-state index in [1.54, 1.807) is 24.3 Å². The Kier molecular flexibility index (Phi) is 3.96. The maximum atomic E-state index is 10.9. The Hall–Kier alpha value is -1.43. The molecule has 1 unspecified atom stereocenters. The van der Waals surface area contributed by atoms with Gasteiger partial charge in [0.15, 0.2) is 0 Å². The summed E-state index contributed by atoms with van der Waals surface area (Å²) in [5.74, 6) is 0. The molecule has 2 rings (SSSR count). The lowest BCUT2D eigenvalue weighted by Crippen LogP contribution is -2.12. The molecule has 0 amide bonds. The van der Waals surface area contributed by atoms with Gasteiger partial charge in [0.25, 0.3) is 5.69 Å². The molecule has 4 nitrogen and oxygen atoms in total. The molecule has 1 heterocycles. The van der Waals surface area contributed by atoms with Gasteiger partial charge >= 0.3 is 0 Å². The summed E-state index contributed by atoms with van der Waals surface area (Å²) >= 11 is 7.24. The van der Waals surface area contributed by atoms with Crippen LogP contribution in [0.15, 0.2) is 36.4 Å². The van der Waals surface area contributed by atoms with Crippen molar-refractivity contribution in [2.75, 3.05) is 0 Å². The summed E-state index contributed by atoms with van der Waals surface area (Å²) in [7, 11) is 0. The minimum Gasteiger partial charge on any atom is -0.323 e. The Morgan fingerprint density at radius 2 is 2.06 bits per heavy atom. The second kappa shape index (κ2) is 5.48. The van der Waals surface area contributed by atoms with E-state index in [1.807, 2.05) is 6.07 Å². The summed E-state index contributed by atoms with van der Waals surface area (Å²) in [6, 6.07) is 10.00. The number of benzene rings is 1. The maximum absolute atomic E-state index is 10.9. The van der Waals surface area contributed by atoms with E-state index < -0.39 is 0 Å². The van der Waals surface area contributed by atoms with Gasteiger partial charge in [0.05, 0.1) is 9.26 Å². The summed E-state index contributed by atoms with van der Waals surface area (Å²) in [6.45, 7) is 0. The predicted octanol–water partition coefficient (Wildman–Crippen LogP) is 3.55. The molecular weight excluding hydrogens is 272 g/mol. The zero-order chi connectivity index (χ0) is 13.1. The molecule has 94 valence electrons. The Balaban J connectivity index is 2.21. The molecule has 0 fully saturated rings. The quantitative estimate of drug-likeness (QED) is 0.689. The highest BCUT2D eigenvalue weighted by molar-refractivity contribution is 7.16. The van der Waals surface area contributed by atoms with Crippen molar-refractivity contribution >= 4 is 28.6 Å². The molecule has 6 heteroatoms. The molecule has 18 heavy (non-hydrogen) atoms. The number of nitrogens with zero attached hydrogens (tertiary/aromatic N) is 1. The minimum absolute atomic E-state index is 0.107. The summed E-state index contributed by atoms with van der Waals surface area (Å²) in [5.41, 5.74) is 6.78. The van der Waals surface area contributed by atoms with Crippen molar-refractivity contribution in [3.8, 4) is 0 Å². The fourth-order valence-electron chi connectivity index (χ4n) is 1.73. The number of hydrogen-bond donors (Lipinski definition) is 1. The van der Waals surface area contributed by atoms with Gasteiger partial charge in [0.1, 0.15) is 0 Å². The fraction of sp³-hybridized carbons (Fsp3) is 0.167. The summed E-state index contributed by atoms with van der Waals surface area (Å²) in [6.07, 6.45) is 0.425. The first kappa shape index (κ1) is 13.0. The average molecular weight is 283 g/mol. The van der Waals surface area contributed by atoms with Crippen molar-refractivity contribution in [2.45, 2.75) is 12.5 Å². The van der Waals surface area contributed by atoms with Crippen molar-refractivity contribution in [1.82, 2.24) is 0 Å². The predicted molar refractivity (Wildman–Crippen MR) is 73.1 cm³/mol. The van der Waals surface area contributed by atoms with E-state index in [0.717, 1.165) is 4.88 Å². The van der Waals surface area contributed by atoms with Gasteiger partial charge in [-0.1, -0.05) is 29.8 Å². The third-order valence-corrected chi connectivity index (χ3v) is 3.95. The largest absolute Gasteiger partial charge is 0.323 e. The van der Waals surface area contributed by atoms with Crippen LogP contribution in [0.5, 0.6) is 0 Å². The van der Waals surface area contributed by atoms with Crippen LogP contribution in [-0.4, -0.2) is 4.92 Å². The Morgan fingerprint density at radius 3 is 2.67 bits per heavy atom. The van der Waals surface area contributed by atoms with Crippen LogP contribution < -0.4 is 5.73 Å². The van der Waals surface area contributed by atoms with E-state index in [-0.39, 0.29) is 16.7 Å². The Bertz CT molecular complexity index is 571. The molecule has 0 aliphatic rings.